The largest absolute Gasteiger partial charge is 0.495 e. The summed E-state index contributed by atoms with van der Waals surface area (Å²) in [6, 6.07) is 10.9. The molecule has 0 unspecified atom stereocenters. The summed E-state index contributed by atoms with van der Waals surface area (Å²) in [4.78, 5) is 4.53. The number of nitrogens with zero attached hydrogens (tertiary/aromatic N) is 2. The minimum Gasteiger partial charge on any atom is -0.495 e. The number of hydrogen-bond donors (Lipinski definition) is 0. The summed E-state index contributed by atoms with van der Waals surface area (Å²) in [6.07, 6.45) is 0. The van der Waals surface area contributed by atoms with E-state index >= 15 is 0 Å². The summed E-state index contributed by atoms with van der Waals surface area (Å²) in [5.41, 5.74) is 2.46. The molecule has 0 bridgehead atoms. The molecular formula is C15H11Cl3N2O. The number of hydrogen-bond acceptors (Lipinski definition) is 2. The number of aromatic nitrogens is 2. The molecular weight excluding hydrogens is 331 g/mol. The Bertz CT molecular complexity index is 814. The molecule has 3 nitrogen and oxygen atoms in total. The Morgan fingerprint density at radius 2 is 1.81 bits per heavy atom. The van der Waals surface area contributed by atoms with Crippen molar-refractivity contribution in [3.63, 3.8) is 0 Å². The molecule has 0 aliphatic carbocycles. The number of benzene rings is 2. The lowest BCUT2D eigenvalue weighted by Gasteiger charge is -2.13. The van der Waals surface area contributed by atoms with E-state index in [0.717, 1.165) is 16.7 Å². The van der Waals surface area contributed by atoms with Gasteiger partial charge in [0.25, 0.3) is 0 Å². The van der Waals surface area contributed by atoms with Crippen molar-refractivity contribution < 1.29 is 4.74 Å². The van der Waals surface area contributed by atoms with Crippen LogP contribution in [0.4, 0.5) is 0 Å². The van der Waals surface area contributed by atoms with E-state index in [2.05, 4.69) is 4.98 Å². The molecule has 0 atom stereocenters. The van der Waals surface area contributed by atoms with Crippen molar-refractivity contribution in [2.24, 2.45) is 0 Å². The first-order valence-corrected chi connectivity index (χ1v) is 7.50. The van der Waals surface area contributed by atoms with E-state index in [0.29, 0.717) is 21.6 Å². The minimum atomic E-state index is 0.266. The molecule has 0 saturated heterocycles. The fourth-order valence-electron chi connectivity index (χ4n) is 2.29. The van der Waals surface area contributed by atoms with Crippen LogP contribution in [0.15, 0.2) is 36.4 Å². The van der Waals surface area contributed by atoms with Crippen LogP contribution in [0.25, 0.3) is 16.7 Å². The van der Waals surface area contributed by atoms with Gasteiger partial charge in [0.2, 0.25) is 0 Å². The molecule has 0 radical (unpaired) electrons. The quantitative estimate of drug-likeness (QED) is 0.621. The van der Waals surface area contributed by atoms with Gasteiger partial charge in [-0.2, -0.15) is 0 Å². The van der Waals surface area contributed by atoms with E-state index in [4.69, 9.17) is 39.5 Å². The van der Waals surface area contributed by atoms with Crippen LogP contribution in [0.5, 0.6) is 5.75 Å². The zero-order chi connectivity index (χ0) is 15.0. The third-order valence-corrected chi connectivity index (χ3v) is 3.90. The Morgan fingerprint density at radius 1 is 1.10 bits per heavy atom. The molecule has 1 heterocycles. The topological polar surface area (TPSA) is 27.1 Å². The second-order valence-corrected chi connectivity index (χ2v) is 5.59. The van der Waals surface area contributed by atoms with Gasteiger partial charge in [-0.1, -0.05) is 23.2 Å². The first-order chi connectivity index (χ1) is 10.1. The molecule has 6 heteroatoms. The highest BCUT2D eigenvalue weighted by molar-refractivity contribution is 6.31. The fraction of sp³-hybridized carbons (Fsp3) is 0.133. The van der Waals surface area contributed by atoms with Crippen molar-refractivity contribution >= 4 is 45.8 Å². The molecule has 21 heavy (non-hydrogen) atoms. The molecule has 0 spiro atoms. The van der Waals surface area contributed by atoms with Gasteiger partial charge in [-0.05, 0) is 36.4 Å². The van der Waals surface area contributed by atoms with Gasteiger partial charge < -0.3 is 4.74 Å². The summed E-state index contributed by atoms with van der Waals surface area (Å²) >= 11 is 18.3. The fourth-order valence-corrected chi connectivity index (χ4v) is 2.81. The molecule has 0 aliphatic heterocycles. The predicted molar refractivity (Wildman–Crippen MR) is 87.2 cm³/mol. The van der Waals surface area contributed by atoms with E-state index in [1.807, 2.05) is 28.8 Å². The average molecular weight is 342 g/mol. The lowest BCUT2D eigenvalue weighted by Crippen LogP contribution is -2.02. The second-order valence-electron chi connectivity index (χ2n) is 4.45. The van der Waals surface area contributed by atoms with Gasteiger partial charge in [0, 0.05) is 10.0 Å². The van der Waals surface area contributed by atoms with E-state index in [1.54, 1.807) is 19.2 Å². The third-order valence-electron chi connectivity index (χ3n) is 3.19. The van der Waals surface area contributed by atoms with Gasteiger partial charge in [-0.15, -0.1) is 11.6 Å². The number of fused-ring (bicyclic) bond motifs is 1. The highest BCUT2D eigenvalue weighted by atomic mass is 35.5. The number of ether oxygens (including phenoxy) is 1. The van der Waals surface area contributed by atoms with Gasteiger partial charge in [0.1, 0.15) is 11.6 Å². The maximum atomic E-state index is 6.12. The van der Waals surface area contributed by atoms with Crippen molar-refractivity contribution in [2.45, 2.75) is 5.88 Å². The zero-order valence-electron chi connectivity index (χ0n) is 11.1. The van der Waals surface area contributed by atoms with Gasteiger partial charge >= 0.3 is 0 Å². The monoisotopic (exact) mass is 340 g/mol. The summed E-state index contributed by atoms with van der Waals surface area (Å²) in [6.45, 7) is 0. The smallest absolute Gasteiger partial charge is 0.143 e. The van der Waals surface area contributed by atoms with Crippen LogP contribution in [0.1, 0.15) is 5.82 Å². The normalized spacial score (nSPS) is 11.0. The summed E-state index contributed by atoms with van der Waals surface area (Å²) in [5.74, 6) is 1.65. The van der Waals surface area contributed by atoms with Crippen molar-refractivity contribution in [1.82, 2.24) is 9.55 Å². The van der Waals surface area contributed by atoms with Crippen LogP contribution < -0.4 is 4.74 Å². The first-order valence-electron chi connectivity index (χ1n) is 6.21. The molecule has 0 saturated carbocycles. The number of halogens is 3. The molecule has 0 fully saturated rings. The second kappa shape index (κ2) is 5.76. The summed E-state index contributed by atoms with van der Waals surface area (Å²) < 4.78 is 7.34. The Morgan fingerprint density at radius 3 is 2.52 bits per heavy atom. The molecule has 1 aromatic heterocycles. The van der Waals surface area contributed by atoms with E-state index in [-0.39, 0.29) is 5.88 Å². The van der Waals surface area contributed by atoms with E-state index < -0.39 is 0 Å². The Hall–Kier alpha value is -1.42. The Labute approximate surface area is 137 Å². The molecule has 3 aromatic rings. The molecule has 3 rings (SSSR count). The Balaban J connectivity index is 2.38. The van der Waals surface area contributed by atoms with Crippen molar-refractivity contribution in [2.75, 3.05) is 7.11 Å². The number of imidazole rings is 1. The standard InChI is InChI=1S/C15H11Cl3N2O/c1-21-14-5-3-10(18)7-13(14)20-12-6-9(17)2-4-11(12)19-15(20)8-16/h2-7H,8H2,1H3. The molecule has 0 N–H and O–H groups in total. The maximum Gasteiger partial charge on any atom is 0.143 e. The van der Waals surface area contributed by atoms with E-state index in [1.165, 1.54) is 0 Å². The van der Waals surface area contributed by atoms with Crippen LogP contribution in [0, 0.1) is 0 Å². The van der Waals surface area contributed by atoms with Crippen LogP contribution in [-0.4, -0.2) is 16.7 Å². The maximum absolute atomic E-state index is 6.12. The number of alkyl halides is 1. The summed E-state index contributed by atoms with van der Waals surface area (Å²) in [5, 5.41) is 1.24. The summed E-state index contributed by atoms with van der Waals surface area (Å²) in [7, 11) is 1.61. The van der Waals surface area contributed by atoms with Gasteiger partial charge in [0.15, 0.2) is 0 Å². The van der Waals surface area contributed by atoms with Crippen molar-refractivity contribution in [3.05, 3.63) is 52.3 Å². The zero-order valence-corrected chi connectivity index (χ0v) is 13.4. The van der Waals surface area contributed by atoms with Crippen molar-refractivity contribution in [3.8, 4) is 11.4 Å². The van der Waals surface area contributed by atoms with Crippen LogP contribution in [-0.2, 0) is 5.88 Å². The molecule has 0 amide bonds. The molecule has 108 valence electrons. The SMILES string of the molecule is COc1ccc(Cl)cc1-n1c(CCl)nc2ccc(Cl)cc21. The highest BCUT2D eigenvalue weighted by Crippen LogP contribution is 2.32. The van der Waals surface area contributed by atoms with Gasteiger partial charge in [-0.25, -0.2) is 4.98 Å². The predicted octanol–water partition coefficient (Wildman–Crippen LogP) is 5.08. The molecule has 0 aliphatic rings. The number of methoxy groups -OCH3 is 1. The van der Waals surface area contributed by atoms with Crippen molar-refractivity contribution in [1.29, 1.82) is 0 Å². The molecule has 2 aromatic carbocycles. The van der Waals surface area contributed by atoms with Crippen LogP contribution in [0.3, 0.4) is 0 Å². The average Bonchev–Trinajstić information content (AvgIpc) is 2.84. The third kappa shape index (κ3) is 2.57. The van der Waals surface area contributed by atoms with E-state index in [9.17, 15) is 0 Å². The minimum absolute atomic E-state index is 0.266. The van der Waals surface area contributed by atoms with Crippen LogP contribution >= 0.6 is 34.8 Å². The van der Waals surface area contributed by atoms with Gasteiger partial charge in [-0.3, -0.25) is 4.57 Å². The first kappa shape index (κ1) is 14.5. The van der Waals surface area contributed by atoms with Crippen LogP contribution in [0.2, 0.25) is 10.0 Å². The Kier molecular flexibility index (Phi) is 3.98. The number of rotatable bonds is 3. The lowest BCUT2D eigenvalue weighted by molar-refractivity contribution is 0.413. The van der Waals surface area contributed by atoms with Gasteiger partial charge in [0.05, 0.1) is 29.7 Å². The lowest BCUT2D eigenvalue weighted by atomic mass is 10.2. The highest BCUT2D eigenvalue weighted by Gasteiger charge is 2.16.